The molecule has 0 bridgehead atoms. The van der Waals surface area contributed by atoms with Gasteiger partial charge in [-0.15, -0.1) is 0 Å². The maximum absolute atomic E-state index is 10.5. The van der Waals surface area contributed by atoms with E-state index >= 15 is 0 Å². The summed E-state index contributed by atoms with van der Waals surface area (Å²) in [6, 6.07) is 1.45. The molecule has 1 heterocycles. The Kier molecular flexibility index (Phi) is 9.11. The molecule has 4 nitrogen and oxygen atoms in total. The van der Waals surface area contributed by atoms with Crippen molar-refractivity contribution in [3.05, 3.63) is 17.9 Å². The number of aliphatic hydroxyl groups is 1. The van der Waals surface area contributed by atoms with Crippen LogP contribution in [0.3, 0.4) is 0 Å². The molecule has 1 rings (SSSR count). The number of likely N-dealkylation sites (tertiary alicyclic amines) is 1. The van der Waals surface area contributed by atoms with E-state index in [4.69, 9.17) is 5.73 Å². The third-order valence-corrected chi connectivity index (χ3v) is 4.25. The average Bonchev–Trinajstić information content (AvgIpc) is 2.65. The van der Waals surface area contributed by atoms with Crippen molar-refractivity contribution in [3.63, 3.8) is 0 Å². The van der Waals surface area contributed by atoms with Crippen LogP contribution in [0.1, 0.15) is 40.0 Å². The molecule has 2 N–H and O–H groups in total. The molecule has 0 aromatic rings. The van der Waals surface area contributed by atoms with Gasteiger partial charge in [-0.1, -0.05) is 31.5 Å². The second-order valence-electron chi connectivity index (χ2n) is 5.81. The number of hydrogen-bond donors (Lipinski definition) is 1. The molecule has 5 heteroatoms. The van der Waals surface area contributed by atoms with E-state index in [1.165, 1.54) is 0 Å². The molecule has 1 fully saturated rings. The van der Waals surface area contributed by atoms with E-state index in [0.717, 1.165) is 12.8 Å². The Bertz CT molecular complexity index is 365. The third kappa shape index (κ3) is 4.52. The van der Waals surface area contributed by atoms with Gasteiger partial charge in [0.1, 0.15) is 0 Å². The fourth-order valence-electron chi connectivity index (χ4n) is 3.17. The molecule has 1 aliphatic rings. The SMILES string of the molecule is C/C=C\[C@@H]1C[C@H](C#N)N(C)[C@H]1[C@@H]([NH-])[C@@](C)(O)CCC.[Ac]. The Morgan fingerprint density at radius 2 is 2.20 bits per heavy atom. The molecular weight excluding hydrogens is 465 g/mol. The van der Waals surface area contributed by atoms with Crippen LogP contribution < -0.4 is 0 Å². The summed E-state index contributed by atoms with van der Waals surface area (Å²) in [5.41, 5.74) is 7.44. The van der Waals surface area contributed by atoms with Gasteiger partial charge in [-0.2, -0.15) is 5.26 Å². The molecule has 0 aromatic carbocycles. The van der Waals surface area contributed by atoms with Crippen LogP contribution in [-0.4, -0.2) is 40.8 Å². The quantitative estimate of drug-likeness (QED) is 0.602. The fraction of sp³-hybridized carbons (Fsp3) is 0.800. The molecule has 1 radical (unpaired) electrons. The van der Waals surface area contributed by atoms with Crippen molar-refractivity contribution in [2.24, 2.45) is 5.92 Å². The Balaban J connectivity index is 0.00000361. The van der Waals surface area contributed by atoms with Gasteiger partial charge in [0.05, 0.1) is 12.1 Å². The molecule has 0 spiro atoms. The van der Waals surface area contributed by atoms with E-state index in [1.54, 1.807) is 6.92 Å². The van der Waals surface area contributed by atoms with Crippen molar-refractivity contribution >= 4 is 0 Å². The van der Waals surface area contributed by atoms with Crippen molar-refractivity contribution in [2.75, 3.05) is 7.05 Å². The van der Waals surface area contributed by atoms with E-state index in [9.17, 15) is 10.4 Å². The van der Waals surface area contributed by atoms with Crippen LogP contribution in [0.5, 0.6) is 0 Å². The molecule has 0 unspecified atom stereocenters. The van der Waals surface area contributed by atoms with E-state index in [-0.39, 0.29) is 62.1 Å². The largest absolute Gasteiger partial charge is 0.671 e. The summed E-state index contributed by atoms with van der Waals surface area (Å²) in [7, 11) is 1.89. The summed E-state index contributed by atoms with van der Waals surface area (Å²) < 4.78 is 0. The molecule has 0 saturated carbocycles. The number of nitriles is 1. The van der Waals surface area contributed by atoms with Gasteiger partial charge in [0.25, 0.3) is 0 Å². The normalized spacial score (nSPS) is 31.6. The predicted molar refractivity (Wildman–Crippen MR) is 77.5 cm³/mol. The minimum Gasteiger partial charge on any atom is -0.671 e. The van der Waals surface area contributed by atoms with E-state index < -0.39 is 11.6 Å². The summed E-state index contributed by atoms with van der Waals surface area (Å²) in [5, 5.41) is 19.7. The average molecular weight is 491 g/mol. The summed E-state index contributed by atoms with van der Waals surface area (Å²) in [6.07, 6.45) is 6.27. The molecule has 5 atom stereocenters. The van der Waals surface area contributed by atoms with Gasteiger partial charge in [0, 0.05) is 55.7 Å². The summed E-state index contributed by atoms with van der Waals surface area (Å²) in [4.78, 5) is 1.96. The van der Waals surface area contributed by atoms with Gasteiger partial charge in [0.2, 0.25) is 0 Å². The van der Waals surface area contributed by atoms with Crippen LogP contribution in [0.15, 0.2) is 12.2 Å². The summed E-state index contributed by atoms with van der Waals surface area (Å²) in [6.45, 7) is 5.72. The van der Waals surface area contributed by atoms with Gasteiger partial charge in [-0.3, -0.25) is 4.90 Å². The molecule has 0 aliphatic carbocycles. The van der Waals surface area contributed by atoms with Crippen LogP contribution >= 0.6 is 0 Å². The maximum Gasteiger partial charge on any atom is 0.0983 e. The molecule has 0 aromatic heterocycles. The van der Waals surface area contributed by atoms with Crippen molar-refractivity contribution in [2.45, 2.75) is 63.8 Å². The number of allylic oxidation sites excluding steroid dienone is 1. The zero-order chi connectivity index (χ0) is 14.6. The molecule has 111 valence electrons. The Morgan fingerprint density at radius 1 is 1.60 bits per heavy atom. The van der Waals surface area contributed by atoms with Crippen LogP contribution in [0, 0.1) is 61.3 Å². The van der Waals surface area contributed by atoms with Gasteiger partial charge in [0.15, 0.2) is 0 Å². The molecule has 20 heavy (non-hydrogen) atoms. The first kappa shape index (κ1) is 20.6. The van der Waals surface area contributed by atoms with Crippen LogP contribution in [0.2, 0.25) is 0 Å². The predicted octanol–water partition coefficient (Wildman–Crippen LogP) is 2.75. The van der Waals surface area contributed by atoms with E-state index in [0.29, 0.717) is 6.42 Å². The van der Waals surface area contributed by atoms with Crippen molar-refractivity contribution in [3.8, 4) is 6.07 Å². The number of hydrogen-bond acceptors (Lipinski definition) is 3. The number of rotatable bonds is 5. The van der Waals surface area contributed by atoms with Gasteiger partial charge >= 0.3 is 0 Å². The van der Waals surface area contributed by atoms with Crippen molar-refractivity contribution in [1.82, 2.24) is 4.90 Å². The zero-order valence-electron chi connectivity index (χ0n) is 13.0. The Labute approximate surface area is 158 Å². The number of likely N-dealkylation sites (N-methyl/N-ethyl adjacent to an activating group) is 1. The first-order chi connectivity index (χ1) is 8.88. The Hall–Kier alpha value is 0.552. The topological polar surface area (TPSA) is 71.1 Å². The molecule has 0 amide bonds. The number of nitrogens with one attached hydrogen (secondary N) is 1. The minimum atomic E-state index is -1.00. The Morgan fingerprint density at radius 3 is 2.65 bits per heavy atom. The number of nitrogens with zero attached hydrogens (tertiary/aromatic N) is 2. The van der Waals surface area contributed by atoms with Crippen LogP contribution in [-0.2, 0) is 0 Å². The zero-order valence-corrected chi connectivity index (χ0v) is 17.7. The molecule has 1 saturated heterocycles. The third-order valence-electron chi connectivity index (χ3n) is 4.25. The second kappa shape index (κ2) is 8.86. The molecular formula is C15H26AcN3O-. The minimum absolute atomic E-state index is 0. The maximum atomic E-state index is 10.5. The smallest absolute Gasteiger partial charge is 0.0983 e. The second-order valence-corrected chi connectivity index (χ2v) is 5.81. The first-order valence-corrected chi connectivity index (χ1v) is 7.06. The van der Waals surface area contributed by atoms with Crippen molar-refractivity contribution < 1.29 is 49.2 Å². The van der Waals surface area contributed by atoms with E-state index in [2.05, 4.69) is 12.1 Å². The monoisotopic (exact) mass is 491 g/mol. The van der Waals surface area contributed by atoms with Crippen LogP contribution in [0.25, 0.3) is 5.73 Å². The van der Waals surface area contributed by atoms with Crippen LogP contribution in [0.4, 0.5) is 0 Å². The molecule has 1 aliphatic heterocycles. The van der Waals surface area contributed by atoms with Crippen molar-refractivity contribution in [1.29, 1.82) is 5.26 Å². The summed E-state index contributed by atoms with van der Waals surface area (Å²) >= 11 is 0. The van der Waals surface area contributed by atoms with E-state index in [1.807, 2.05) is 31.9 Å². The first-order valence-electron chi connectivity index (χ1n) is 7.06. The fourth-order valence-corrected chi connectivity index (χ4v) is 3.17. The van der Waals surface area contributed by atoms with Gasteiger partial charge in [-0.05, 0) is 39.7 Å². The standard InChI is InChI=1S/C15H26N3O.Ac/c1-5-7-11-9-12(10-16)18(4)13(11)14(17)15(3,19)8-6-2;/h5,7,11-14,17,19H,6,8-9H2,1-4H3;/q-1;/b7-5-;/t11-,12-,13-,14-,15+;/m1./s1. The van der Waals surface area contributed by atoms with Gasteiger partial charge in [-0.25, -0.2) is 0 Å². The summed E-state index contributed by atoms with van der Waals surface area (Å²) in [5.74, 6) is 0.172. The van der Waals surface area contributed by atoms with Gasteiger partial charge < -0.3 is 10.8 Å².